The zero-order valence-corrected chi connectivity index (χ0v) is 12.7. The molecule has 3 nitrogen and oxygen atoms in total. The second-order valence-corrected chi connectivity index (χ2v) is 6.44. The number of rotatable bonds is 3. The van der Waals surface area contributed by atoms with Crippen molar-refractivity contribution >= 4 is 0 Å². The van der Waals surface area contributed by atoms with Crippen molar-refractivity contribution in [2.45, 2.75) is 38.6 Å². The molecule has 0 aliphatic carbocycles. The number of nitriles is 1. The molecule has 1 saturated heterocycles. The predicted octanol–water partition coefficient (Wildman–Crippen LogP) is 2.75. The van der Waals surface area contributed by atoms with Gasteiger partial charge in [0.25, 0.3) is 0 Å². The van der Waals surface area contributed by atoms with Gasteiger partial charge in [0.1, 0.15) is 6.04 Å². The number of hydrogen-bond donors (Lipinski definition) is 0. The Morgan fingerprint density at radius 3 is 2.30 bits per heavy atom. The quantitative estimate of drug-likeness (QED) is 0.849. The minimum absolute atomic E-state index is 0.0422. The van der Waals surface area contributed by atoms with E-state index in [0.717, 1.165) is 32.7 Å². The van der Waals surface area contributed by atoms with Crippen molar-refractivity contribution < 1.29 is 4.74 Å². The molecule has 3 heteroatoms. The third-order valence-electron chi connectivity index (χ3n) is 3.88. The summed E-state index contributed by atoms with van der Waals surface area (Å²) >= 11 is 0. The fourth-order valence-electron chi connectivity index (χ4n) is 2.51. The highest BCUT2D eigenvalue weighted by molar-refractivity contribution is 5.28. The lowest BCUT2D eigenvalue weighted by atomic mass is 9.86. The molecule has 0 amide bonds. The fourth-order valence-corrected chi connectivity index (χ4v) is 2.51. The molecule has 0 radical (unpaired) electrons. The largest absolute Gasteiger partial charge is 0.379 e. The van der Waals surface area contributed by atoms with Crippen molar-refractivity contribution in [1.82, 2.24) is 4.90 Å². The molecule has 0 aromatic heterocycles. The first-order valence-electron chi connectivity index (χ1n) is 7.31. The molecule has 0 saturated carbocycles. The van der Waals surface area contributed by atoms with Gasteiger partial charge in [-0.3, -0.25) is 4.90 Å². The van der Waals surface area contributed by atoms with E-state index >= 15 is 0 Å². The van der Waals surface area contributed by atoms with Gasteiger partial charge in [-0.05, 0) is 16.5 Å². The number of nitrogens with zero attached hydrogens (tertiary/aromatic N) is 2. The van der Waals surface area contributed by atoms with Crippen LogP contribution in [0.5, 0.6) is 0 Å². The SMILES string of the molecule is CC(C)(C)c1ccc(CC(C#N)N2CCOCC2)cc1. The lowest BCUT2D eigenvalue weighted by Crippen LogP contribution is -2.43. The Kier molecular flexibility index (Phi) is 4.80. The van der Waals surface area contributed by atoms with Crippen molar-refractivity contribution in [3.8, 4) is 6.07 Å². The molecule has 0 N–H and O–H groups in total. The molecular weight excluding hydrogens is 248 g/mol. The van der Waals surface area contributed by atoms with Gasteiger partial charge in [-0.15, -0.1) is 0 Å². The van der Waals surface area contributed by atoms with Crippen LogP contribution in [0.4, 0.5) is 0 Å². The van der Waals surface area contributed by atoms with Gasteiger partial charge in [-0.1, -0.05) is 45.0 Å². The molecule has 1 aliphatic rings. The predicted molar refractivity (Wildman–Crippen MR) is 80.6 cm³/mol. The van der Waals surface area contributed by atoms with Gasteiger partial charge < -0.3 is 4.74 Å². The summed E-state index contributed by atoms with van der Waals surface area (Å²) in [5, 5.41) is 9.39. The number of ether oxygens (including phenoxy) is 1. The molecule has 1 aromatic rings. The minimum Gasteiger partial charge on any atom is -0.379 e. The zero-order chi connectivity index (χ0) is 14.6. The molecule has 108 valence electrons. The summed E-state index contributed by atoms with van der Waals surface area (Å²) in [6.45, 7) is 9.84. The maximum Gasteiger partial charge on any atom is 0.102 e. The lowest BCUT2D eigenvalue weighted by Gasteiger charge is -2.30. The highest BCUT2D eigenvalue weighted by Gasteiger charge is 2.21. The van der Waals surface area contributed by atoms with Gasteiger partial charge in [0.05, 0.1) is 19.3 Å². The summed E-state index contributed by atoms with van der Waals surface area (Å²) in [4.78, 5) is 2.22. The van der Waals surface area contributed by atoms with Crippen molar-refractivity contribution in [3.05, 3.63) is 35.4 Å². The molecule has 1 atom stereocenters. The third-order valence-corrected chi connectivity index (χ3v) is 3.88. The van der Waals surface area contributed by atoms with Crippen LogP contribution in [0.1, 0.15) is 31.9 Å². The van der Waals surface area contributed by atoms with Crippen LogP contribution in [0.15, 0.2) is 24.3 Å². The second kappa shape index (κ2) is 6.39. The van der Waals surface area contributed by atoms with Gasteiger partial charge >= 0.3 is 0 Å². The Bertz CT molecular complexity index is 461. The van der Waals surface area contributed by atoms with Crippen LogP contribution in [0, 0.1) is 11.3 Å². The summed E-state index contributed by atoms with van der Waals surface area (Å²) in [7, 11) is 0. The van der Waals surface area contributed by atoms with Crippen molar-refractivity contribution in [2.24, 2.45) is 0 Å². The Morgan fingerprint density at radius 1 is 1.20 bits per heavy atom. The van der Waals surface area contributed by atoms with E-state index in [-0.39, 0.29) is 11.5 Å². The van der Waals surface area contributed by atoms with E-state index in [1.165, 1.54) is 11.1 Å². The first kappa shape index (κ1) is 15.0. The molecule has 1 heterocycles. The molecule has 0 bridgehead atoms. The fraction of sp³-hybridized carbons (Fsp3) is 0.588. The van der Waals surface area contributed by atoms with Gasteiger partial charge in [0.2, 0.25) is 0 Å². The molecule has 1 unspecified atom stereocenters. The molecule has 20 heavy (non-hydrogen) atoms. The summed E-state index contributed by atoms with van der Waals surface area (Å²) in [5.74, 6) is 0. The maximum absolute atomic E-state index is 9.39. The summed E-state index contributed by atoms with van der Waals surface area (Å²) in [5.41, 5.74) is 2.74. The Balaban J connectivity index is 2.02. The van der Waals surface area contributed by atoms with Crippen LogP contribution in [0.2, 0.25) is 0 Å². The smallest absolute Gasteiger partial charge is 0.102 e. The lowest BCUT2D eigenvalue weighted by molar-refractivity contribution is 0.0270. The zero-order valence-electron chi connectivity index (χ0n) is 12.7. The molecule has 1 aromatic carbocycles. The molecule has 1 fully saturated rings. The Hall–Kier alpha value is -1.37. The average Bonchev–Trinajstić information content (AvgIpc) is 2.45. The van der Waals surface area contributed by atoms with Gasteiger partial charge in [-0.2, -0.15) is 5.26 Å². The summed E-state index contributed by atoms with van der Waals surface area (Å²) < 4.78 is 5.35. The minimum atomic E-state index is -0.0422. The van der Waals surface area contributed by atoms with E-state index < -0.39 is 0 Å². The number of benzene rings is 1. The van der Waals surface area contributed by atoms with E-state index in [4.69, 9.17) is 4.74 Å². The second-order valence-electron chi connectivity index (χ2n) is 6.44. The third kappa shape index (κ3) is 3.82. The van der Waals surface area contributed by atoms with Crippen LogP contribution in [-0.2, 0) is 16.6 Å². The van der Waals surface area contributed by atoms with E-state index in [2.05, 4.69) is 56.0 Å². The Labute approximate surface area is 122 Å². The monoisotopic (exact) mass is 272 g/mol. The first-order chi connectivity index (χ1) is 9.50. The summed E-state index contributed by atoms with van der Waals surface area (Å²) in [6, 6.07) is 11.1. The number of hydrogen-bond acceptors (Lipinski definition) is 3. The molecule has 0 spiro atoms. The van der Waals surface area contributed by atoms with Crippen LogP contribution >= 0.6 is 0 Å². The molecular formula is C17H24N2O. The van der Waals surface area contributed by atoms with E-state index in [1.54, 1.807) is 0 Å². The normalized spacial score (nSPS) is 18.5. The Morgan fingerprint density at radius 2 is 1.80 bits per heavy atom. The van der Waals surface area contributed by atoms with Crippen LogP contribution in [0.3, 0.4) is 0 Å². The van der Waals surface area contributed by atoms with Crippen molar-refractivity contribution in [1.29, 1.82) is 5.26 Å². The van der Waals surface area contributed by atoms with E-state index in [9.17, 15) is 5.26 Å². The van der Waals surface area contributed by atoms with E-state index in [1.807, 2.05) is 0 Å². The van der Waals surface area contributed by atoms with E-state index in [0.29, 0.717) is 0 Å². The molecule has 2 rings (SSSR count). The van der Waals surface area contributed by atoms with Crippen molar-refractivity contribution in [3.63, 3.8) is 0 Å². The van der Waals surface area contributed by atoms with Crippen LogP contribution in [0.25, 0.3) is 0 Å². The maximum atomic E-state index is 9.39. The first-order valence-corrected chi connectivity index (χ1v) is 7.31. The van der Waals surface area contributed by atoms with Crippen LogP contribution in [-0.4, -0.2) is 37.2 Å². The molecule has 1 aliphatic heterocycles. The van der Waals surface area contributed by atoms with Crippen LogP contribution < -0.4 is 0 Å². The standard InChI is InChI=1S/C17H24N2O/c1-17(2,3)15-6-4-14(5-7-15)12-16(13-18)19-8-10-20-11-9-19/h4-7,16H,8-12H2,1-3H3. The highest BCUT2D eigenvalue weighted by Crippen LogP contribution is 2.22. The van der Waals surface area contributed by atoms with Crippen molar-refractivity contribution in [2.75, 3.05) is 26.3 Å². The average molecular weight is 272 g/mol. The topological polar surface area (TPSA) is 36.3 Å². The summed E-state index contributed by atoms with van der Waals surface area (Å²) in [6.07, 6.45) is 0.793. The highest BCUT2D eigenvalue weighted by atomic mass is 16.5. The number of morpholine rings is 1. The van der Waals surface area contributed by atoms with Gasteiger partial charge in [-0.25, -0.2) is 0 Å². The van der Waals surface area contributed by atoms with Gasteiger partial charge in [0.15, 0.2) is 0 Å². The van der Waals surface area contributed by atoms with Gasteiger partial charge in [0, 0.05) is 19.5 Å².